The number of hydrogen-bond acceptors (Lipinski definition) is 3. The lowest BCUT2D eigenvalue weighted by atomic mass is 9.95. The summed E-state index contributed by atoms with van der Waals surface area (Å²) < 4.78 is 0. The number of nitrogens with one attached hydrogen (secondary N) is 1. The zero-order valence-corrected chi connectivity index (χ0v) is 15.9. The summed E-state index contributed by atoms with van der Waals surface area (Å²) in [4.78, 5) is 16.1. The second kappa shape index (κ2) is 8.75. The summed E-state index contributed by atoms with van der Waals surface area (Å²) in [7, 11) is 0. The SMILES string of the molecule is CSc1cccc(NC(=O)C2CCN(Cc3cccc(Cl)c3)CC2)c1. The zero-order valence-electron chi connectivity index (χ0n) is 14.4. The molecule has 0 atom stereocenters. The van der Waals surface area contributed by atoms with Crippen molar-refractivity contribution in [2.45, 2.75) is 24.3 Å². The highest BCUT2D eigenvalue weighted by molar-refractivity contribution is 7.98. The number of carbonyl (C=O) groups is 1. The predicted molar refractivity (Wildman–Crippen MR) is 106 cm³/mol. The first-order valence-electron chi connectivity index (χ1n) is 8.56. The molecule has 5 heteroatoms. The van der Waals surface area contributed by atoms with Crippen molar-refractivity contribution >= 4 is 35.0 Å². The summed E-state index contributed by atoms with van der Waals surface area (Å²) >= 11 is 7.73. The topological polar surface area (TPSA) is 32.3 Å². The summed E-state index contributed by atoms with van der Waals surface area (Å²) in [5.41, 5.74) is 2.11. The van der Waals surface area contributed by atoms with E-state index in [0.29, 0.717) is 0 Å². The number of amides is 1. The molecule has 0 bridgehead atoms. The highest BCUT2D eigenvalue weighted by atomic mass is 35.5. The third kappa shape index (κ3) is 5.24. The first-order chi connectivity index (χ1) is 12.1. The molecule has 1 aliphatic heterocycles. The van der Waals surface area contributed by atoms with Gasteiger partial charge >= 0.3 is 0 Å². The Bertz CT molecular complexity index is 729. The Balaban J connectivity index is 1.50. The van der Waals surface area contributed by atoms with Crippen LogP contribution >= 0.6 is 23.4 Å². The van der Waals surface area contributed by atoms with Gasteiger partial charge in [-0.05, 0) is 68.1 Å². The molecule has 25 heavy (non-hydrogen) atoms. The number of anilines is 1. The molecule has 1 aliphatic rings. The van der Waals surface area contributed by atoms with E-state index in [9.17, 15) is 4.79 Å². The quantitative estimate of drug-likeness (QED) is 0.754. The van der Waals surface area contributed by atoms with Crippen LogP contribution in [-0.2, 0) is 11.3 Å². The van der Waals surface area contributed by atoms with E-state index in [4.69, 9.17) is 11.6 Å². The van der Waals surface area contributed by atoms with Crippen molar-refractivity contribution in [1.29, 1.82) is 0 Å². The third-order valence-corrected chi connectivity index (χ3v) is 5.55. The number of thioether (sulfide) groups is 1. The van der Waals surface area contributed by atoms with Crippen LogP contribution in [0.5, 0.6) is 0 Å². The average Bonchev–Trinajstić information content (AvgIpc) is 2.62. The third-order valence-electron chi connectivity index (χ3n) is 4.59. The van der Waals surface area contributed by atoms with Gasteiger partial charge in [0.1, 0.15) is 0 Å². The van der Waals surface area contributed by atoms with E-state index in [-0.39, 0.29) is 11.8 Å². The van der Waals surface area contributed by atoms with Crippen LogP contribution in [0.3, 0.4) is 0 Å². The van der Waals surface area contributed by atoms with Gasteiger partial charge < -0.3 is 5.32 Å². The largest absolute Gasteiger partial charge is 0.326 e. The van der Waals surface area contributed by atoms with Crippen molar-refractivity contribution in [3.63, 3.8) is 0 Å². The van der Waals surface area contributed by atoms with E-state index in [1.54, 1.807) is 11.8 Å². The second-order valence-electron chi connectivity index (χ2n) is 6.40. The molecular weight excluding hydrogens is 352 g/mol. The summed E-state index contributed by atoms with van der Waals surface area (Å²) in [6, 6.07) is 16.0. The molecule has 1 amide bonds. The van der Waals surface area contributed by atoms with Crippen molar-refractivity contribution < 1.29 is 4.79 Å². The van der Waals surface area contributed by atoms with Gasteiger partial charge in [0.05, 0.1) is 0 Å². The predicted octanol–water partition coefficient (Wildman–Crippen LogP) is 4.91. The van der Waals surface area contributed by atoms with Crippen molar-refractivity contribution in [2.24, 2.45) is 5.92 Å². The monoisotopic (exact) mass is 374 g/mol. The Morgan fingerprint density at radius 1 is 1.20 bits per heavy atom. The number of carbonyl (C=O) groups excluding carboxylic acids is 1. The highest BCUT2D eigenvalue weighted by Crippen LogP contribution is 2.23. The normalized spacial score (nSPS) is 15.9. The van der Waals surface area contributed by atoms with Gasteiger partial charge in [0.15, 0.2) is 0 Å². The van der Waals surface area contributed by atoms with E-state index in [0.717, 1.165) is 48.1 Å². The van der Waals surface area contributed by atoms with Crippen LogP contribution in [-0.4, -0.2) is 30.2 Å². The number of halogens is 1. The lowest BCUT2D eigenvalue weighted by molar-refractivity contribution is -0.121. The van der Waals surface area contributed by atoms with Crippen LogP contribution in [0.1, 0.15) is 18.4 Å². The maximum atomic E-state index is 12.5. The lowest BCUT2D eigenvalue weighted by Crippen LogP contribution is -2.37. The fourth-order valence-electron chi connectivity index (χ4n) is 3.19. The fraction of sp³-hybridized carbons (Fsp3) is 0.350. The number of piperidine rings is 1. The molecule has 1 N–H and O–H groups in total. The lowest BCUT2D eigenvalue weighted by Gasteiger charge is -2.31. The zero-order chi connectivity index (χ0) is 17.6. The molecule has 1 heterocycles. The van der Waals surface area contributed by atoms with Gasteiger partial charge in [0, 0.05) is 28.1 Å². The van der Waals surface area contributed by atoms with Crippen LogP contribution < -0.4 is 5.32 Å². The molecule has 2 aromatic carbocycles. The molecule has 0 spiro atoms. The molecular formula is C20H23ClN2OS. The first kappa shape index (κ1) is 18.3. The summed E-state index contributed by atoms with van der Waals surface area (Å²) in [5, 5.41) is 3.85. The number of hydrogen-bond donors (Lipinski definition) is 1. The molecule has 3 nitrogen and oxygen atoms in total. The number of rotatable bonds is 5. The maximum Gasteiger partial charge on any atom is 0.227 e. The maximum absolute atomic E-state index is 12.5. The van der Waals surface area contributed by atoms with Crippen molar-refractivity contribution in [3.8, 4) is 0 Å². The molecule has 1 fully saturated rings. The fourth-order valence-corrected chi connectivity index (χ4v) is 3.86. The van der Waals surface area contributed by atoms with E-state index < -0.39 is 0 Å². The van der Waals surface area contributed by atoms with Crippen LogP contribution in [0.15, 0.2) is 53.4 Å². The van der Waals surface area contributed by atoms with E-state index in [1.807, 2.05) is 42.7 Å². The van der Waals surface area contributed by atoms with E-state index >= 15 is 0 Å². The Morgan fingerprint density at radius 2 is 1.96 bits per heavy atom. The van der Waals surface area contributed by atoms with E-state index in [1.165, 1.54) is 5.56 Å². The van der Waals surface area contributed by atoms with Gasteiger partial charge in [-0.3, -0.25) is 9.69 Å². The molecule has 0 unspecified atom stereocenters. The minimum absolute atomic E-state index is 0.0912. The second-order valence-corrected chi connectivity index (χ2v) is 7.72. The average molecular weight is 375 g/mol. The number of benzene rings is 2. The van der Waals surface area contributed by atoms with Gasteiger partial charge in [-0.15, -0.1) is 11.8 Å². The molecule has 2 aromatic rings. The van der Waals surface area contributed by atoms with Crippen molar-refractivity contribution in [1.82, 2.24) is 4.90 Å². The number of nitrogens with zero attached hydrogens (tertiary/aromatic N) is 1. The van der Waals surface area contributed by atoms with Crippen molar-refractivity contribution in [3.05, 3.63) is 59.1 Å². The molecule has 132 valence electrons. The highest BCUT2D eigenvalue weighted by Gasteiger charge is 2.25. The van der Waals surface area contributed by atoms with Gasteiger partial charge in [-0.2, -0.15) is 0 Å². The first-order valence-corrected chi connectivity index (χ1v) is 10.2. The Morgan fingerprint density at radius 3 is 2.68 bits per heavy atom. The van der Waals surface area contributed by atoms with Gasteiger partial charge in [0.25, 0.3) is 0 Å². The minimum Gasteiger partial charge on any atom is -0.326 e. The Kier molecular flexibility index (Phi) is 6.40. The molecule has 0 radical (unpaired) electrons. The molecule has 0 aliphatic carbocycles. The van der Waals surface area contributed by atoms with Crippen LogP contribution in [0, 0.1) is 5.92 Å². The van der Waals surface area contributed by atoms with E-state index in [2.05, 4.69) is 22.3 Å². The smallest absolute Gasteiger partial charge is 0.227 e. The number of likely N-dealkylation sites (tertiary alicyclic amines) is 1. The molecule has 1 saturated heterocycles. The van der Waals surface area contributed by atoms with Gasteiger partial charge in [-0.25, -0.2) is 0 Å². The van der Waals surface area contributed by atoms with Crippen LogP contribution in [0.2, 0.25) is 5.02 Å². The molecule has 0 aromatic heterocycles. The van der Waals surface area contributed by atoms with Gasteiger partial charge in [-0.1, -0.05) is 29.8 Å². The summed E-state index contributed by atoms with van der Waals surface area (Å²) in [6.45, 7) is 2.77. The molecule has 3 rings (SSSR count). The molecule has 0 saturated carbocycles. The Labute approximate surface area is 158 Å². The van der Waals surface area contributed by atoms with Crippen molar-refractivity contribution in [2.75, 3.05) is 24.7 Å². The minimum atomic E-state index is 0.0912. The standard InChI is InChI=1S/C20H23ClN2OS/c1-25-19-7-3-6-18(13-19)22-20(24)16-8-10-23(11-9-16)14-15-4-2-5-17(21)12-15/h2-7,12-13,16H,8-11,14H2,1H3,(H,22,24). The van der Waals surface area contributed by atoms with Crippen LogP contribution in [0.25, 0.3) is 0 Å². The summed E-state index contributed by atoms with van der Waals surface area (Å²) in [6.07, 6.45) is 3.83. The Hall–Kier alpha value is -1.49. The van der Waals surface area contributed by atoms with Crippen LogP contribution in [0.4, 0.5) is 5.69 Å². The van der Waals surface area contributed by atoms with Gasteiger partial charge in [0.2, 0.25) is 5.91 Å². The summed E-state index contributed by atoms with van der Waals surface area (Å²) in [5.74, 6) is 0.231.